The van der Waals surface area contributed by atoms with Crippen LogP contribution in [-0.4, -0.2) is 82.1 Å². The third-order valence-electron chi connectivity index (χ3n) is 7.44. The molecular weight excluding hydrogens is 439 g/mol. The quantitative estimate of drug-likeness (QED) is 0.632. The first-order valence-corrected chi connectivity index (χ1v) is 11.3. The van der Waals surface area contributed by atoms with E-state index in [1.165, 1.54) is 0 Å². The number of piperidine rings is 1. The van der Waals surface area contributed by atoms with Crippen molar-refractivity contribution in [2.45, 2.75) is 57.0 Å². The van der Waals surface area contributed by atoms with Crippen molar-refractivity contribution in [3.8, 4) is 0 Å². The molecule has 178 valence electrons. The van der Waals surface area contributed by atoms with Crippen molar-refractivity contribution in [1.29, 1.82) is 0 Å². The predicted molar refractivity (Wildman–Crippen MR) is 111 cm³/mol. The number of carbonyl (C=O) groups is 2. The van der Waals surface area contributed by atoms with Crippen LogP contribution in [0.1, 0.15) is 38.8 Å². The van der Waals surface area contributed by atoms with Gasteiger partial charge in [-0.2, -0.15) is 13.2 Å². The molecule has 1 amide bonds. The normalized spacial score (nSPS) is 27.1. The van der Waals surface area contributed by atoms with Crippen LogP contribution >= 0.6 is 0 Å². The van der Waals surface area contributed by atoms with Crippen LogP contribution in [0, 0.1) is 0 Å². The van der Waals surface area contributed by atoms with Crippen molar-refractivity contribution in [2.24, 2.45) is 0 Å². The fraction of sp³-hybridized carbons (Fsp3) is 0.636. The Morgan fingerprint density at radius 2 is 1.97 bits per heavy atom. The summed E-state index contributed by atoms with van der Waals surface area (Å²) in [6, 6.07) is 0.507. The van der Waals surface area contributed by atoms with Gasteiger partial charge in [-0.25, -0.2) is 14.8 Å². The van der Waals surface area contributed by atoms with Crippen molar-refractivity contribution in [2.75, 3.05) is 37.6 Å². The number of halogens is 3. The second-order valence-electron chi connectivity index (χ2n) is 9.21. The Kier molecular flexibility index (Phi) is 5.15. The van der Waals surface area contributed by atoms with Crippen molar-refractivity contribution >= 4 is 17.8 Å². The van der Waals surface area contributed by atoms with Gasteiger partial charge < -0.3 is 19.4 Å². The van der Waals surface area contributed by atoms with E-state index in [1.54, 1.807) is 16.7 Å². The molecule has 0 N–H and O–H groups in total. The molecule has 0 saturated carbocycles. The molecule has 5 rings (SSSR count). The summed E-state index contributed by atoms with van der Waals surface area (Å²) < 4.78 is 45.0. The number of aromatic nitrogens is 2. The van der Waals surface area contributed by atoms with Crippen LogP contribution in [0.15, 0.2) is 23.4 Å². The number of hydrogen-bond acceptors (Lipinski definition) is 7. The van der Waals surface area contributed by atoms with Gasteiger partial charge in [0.15, 0.2) is 0 Å². The molecule has 3 fully saturated rings. The second kappa shape index (κ2) is 7.68. The van der Waals surface area contributed by atoms with Gasteiger partial charge in [-0.3, -0.25) is 4.79 Å². The van der Waals surface area contributed by atoms with Gasteiger partial charge in [0.05, 0.1) is 17.7 Å². The smallest absolute Gasteiger partial charge is 0.433 e. The fourth-order valence-electron chi connectivity index (χ4n) is 5.64. The van der Waals surface area contributed by atoms with E-state index in [1.807, 2.05) is 0 Å². The number of piperazine rings is 1. The predicted octanol–water partition coefficient (Wildman–Crippen LogP) is 2.01. The van der Waals surface area contributed by atoms with Gasteiger partial charge in [-0.15, -0.1) is 0 Å². The number of hydrogen-bond donors (Lipinski definition) is 0. The van der Waals surface area contributed by atoms with E-state index in [-0.39, 0.29) is 23.9 Å². The number of ether oxygens (including phenoxy) is 1. The molecule has 3 saturated heterocycles. The van der Waals surface area contributed by atoms with Crippen LogP contribution in [0.5, 0.6) is 0 Å². The molecule has 2 atom stereocenters. The largest absolute Gasteiger partial charge is 0.450 e. The molecule has 11 heteroatoms. The zero-order valence-electron chi connectivity index (χ0n) is 18.6. The van der Waals surface area contributed by atoms with E-state index in [0.29, 0.717) is 43.5 Å². The number of likely N-dealkylation sites (tertiary alicyclic amines) is 2. The maximum Gasteiger partial charge on any atom is 0.433 e. The van der Waals surface area contributed by atoms with Crippen LogP contribution < -0.4 is 4.90 Å². The standard InChI is InChI=1S/C22H26F3N5O3/c1-3-28-8-5-21(6-9-28)17(13(2)19(32)33-21)18(31)29-11-15-10-14(29)12-30(15)20-26-7-4-16(27-20)22(23,24)25/h4,7,14-15H,3,5-6,8-12H2,1-2H3/t14-,15-/m0/s1. The zero-order chi connectivity index (χ0) is 23.5. The van der Waals surface area contributed by atoms with Crippen molar-refractivity contribution in [3.63, 3.8) is 0 Å². The van der Waals surface area contributed by atoms with E-state index in [4.69, 9.17) is 4.74 Å². The zero-order valence-corrected chi connectivity index (χ0v) is 18.6. The van der Waals surface area contributed by atoms with Crippen LogP contribution in [0.2, 0.25) is 0 Å². The van der Waals surface area contributed by atoms with Crippen LogP contribution in [0.4, 0.5) is 19.1 Å². The molecule has 33 heavy (non-hydrogen) atoms. The number of esters is 1. The maximum atomic E-state index is 13.7. The summed E-state index contributed by atoms with van der Waals surface area (Å²) in [4.78, 5) is 39.6. The molecule has 8 nitrogen and oxygen atoms in total. The Balaban J connectivity index is 1.34. The lowest BCUT2D eigenvalue weighted by atomic mass is 9.82. The lowest BCUT2D eigenvalue weighted by Crippen LogP contribution is -2.53. The summed E-state index contributed by atoms with van der Waals surface area (Å²) in [6.45, 7) is 6.83. The number of alkyl halides is 3. The summed E-state index contributed by atoms with van der Waals surface area (Å²) in [7, 11) is 0. The minimum Gasteiger partial charge on any atom is -0.450 e. The lowest BCUT2D eigenvalue weighted by Gasteiger charge is -2.41. The third-order valence-corrected chi connectivity index (χ3v) is 7.44. The minimum atomic E-state index is -4.54. The molecule has 0 aliphatic carbocycles. The molecule has 0 unspecified atom stereocenters. The van der Waals surface area contributed by atoms with Crippen LogP contribution in [0.3, 0.4) is 0 Å². The van der Waals surface area contributed by atoms with E-state index in [9.17, 15) is 22.8 Å². The average molecular weight is 465 g/mol. The Bertz CT molecular complexity index is 1020. The van der Waals surface area contributed by atoms with E-state index in [0.717, 1.165) is 31.9 Å². The summed E-state index contributed by atoms with van der Waals surface area (Å²) >= 11 is 0. The van der Waals surface area contributed by atoms with Gasteiger partial charge in [0.1, 0.15) is 11.3 Å². The molecule has 4 aliphatic heterocycles. The molecule has 4 aliphatic rings. The number of anilines is 1. The topological polar surface area (TPSA) is 78.9 Å². The average Bonchev–Trinajstić information content (AvgIpc) is 3.46. The first-order chi connectivity index (χ1) is 15.6. The van der Waals surface area contributed by atoms with Gasteiger partial charge in [0.2, 0.25) is 5.95 Å². The Morgan fingerprint density at radius 1 is 1.24 bits per heavy atom. The van der Waals surface area contributed by atoms with Gasteiger partial charge >= 0.3 is 12.1 Å². The number of carbonyl (C=O) groups excluding carboxylic acids is 2. The monoisotopic (exact) mass is 465 g/mol. The van der Waals surface area contributed by atoms with Crippen molar-refractivity contribution in [3.05, 3.63) is 29.1 Å². The summed E-state index contributed by atoms with van der Waals surface area (Å²) in [5.41, 5.74) is -1.04. The molecular formula is C22H26F3N5O3. The first kappa shape index (κ1) is 22.1. The van der Waals surface area contributed by atoms with E-state index < -0.39 is 23.4 Å². The Hall–Kier alpha value is -2.69. The Morgan fingerprint density at radius 3 is 2.58 bits per heavy atom. The number of rotatable bonds is 3. The summed E-state index contributed by atoms with van der Waals surface area (Å²) in [6.07, 6.45) is -1.64. The van der Waals surface area contributed by atoms with Gasteiger partial charge in [0.25, 0.3) is 5.91 Å². The molecule has 0 aromatic carbocycles. The summed E-state index contributed by atoms with van der Waals surface area (Å²) in [5.74, 6) is -0.602. The van der Waals surface area contributed by atoms with Crippen LogP contribution in [-0.2, 0) is 20.5 Å². The third kappa shape index (κ3) is 3.56. The first-order valence-electron chi connectivity index (χ1n) is 11.3. The number of fused-ring (bicyclic) bond motifs is 2. The molecule has 2 bridgehead atoms. The number of nitrogens with zero attached hydrogens (tertiary/aromatic N) is 5. The lowest BCUT2D eigenvalue weighted by molar-refractivity contribution is -0.151. The van der Waals surface area contributed by atoms with Crippen molar-refractivity contribution in [1.82, 2.24) is 19.8 Å². The van der Waals surface area contributed by atoms with Crippen molar-refractivity contribution < 1.29 is 27.5 Å². The SMILES string of the molecule is CCN1CCC2(CC1)OC(=O)C(C)=C2C(=O)N1C[C@@H]2C[C@H]1CN2c1nccc(C(F)(F)F)n1. The second-order valence-corrected chi connectivity index (χ2v) is 9.21. The highest BCUT2D eigenvalue weighted by Crippen LogP contribution is 2.44. The van der Waals surface area contributed by atoms with Gasteiger partial charge in [0, 0.05) is 50.8 Å². The summed E-state index contributed by atoms with van der Waals surface area (Å²) in [5, 5.41) is 0. The van der Waals surface area contributed by atoms with Crippen LogP contribution in [0.25, 0.3) is 0 Å². The molecule has 1 aromatic rings. The van der Waals surface area contributed by atoms with Gasteiger partial charge in [-0.05, 0) is 26.0 Å². The molecule has 5 heterocycles. The molecule has 1 spiro atoms. The highest BCUT2D eigenvalue weighted by molar-refractivity contribution is 6.07. The number of amides is 1. The fourth-order valence-corrected chi connectivity index (χ4v) is 5.64. The molecule has 0 radical (unpaired) electrons. The van der Waals surface area contributed by atoms with E-state index >= 15 is 0 Å². The Labute approximate surface area is 189 Å². The van der Waals surface area contributed by atoms with E-state index in [2.05, 4.69) is 21.8 Å². The van der Waals surface area contributed by atoms with Gasteiger partial charge in [-0.1, -0.05) is 6.92 Å². The highest BCUT2D eigenvalue weighted by atomic mass is 19.4. The molecule has 1 aromatic heterocycles. The highest BCUT2D eigenvalue weighted by Gasteiger charge is 2.55. The maximum absolute atomic E-state index is 13.7. The minimum absolute atomic E-state index is 0.0302.